The second-order valence-corrected chi connectivity index (χ2v) is 8.82. The van der Waals surface area contributed by atoms with Crippen LogP contribution in [0.1, 0.15) is 36.9 Å². The number of nitrogens with one attached hydrogen (secondary N) is 5. The van der Waals surface area contributed by atoms with E-state index in [9.17, 15) is 4.79 Å². The third-order valence-electron chi connectivity index (χ3n) is 5.98. The molecule has 35 heavy (non-hydrogen) atoms. The molecule has 3 aromatic rings. The van der Waals surface area contributed by atoms with Gasteiger partial charge >= 0.3 is 6.03 Å². The van der Waals surface area contributed by atoms with Gasteiger partial charge in [0.05, 0.1) is 6.33 Å². The molecule has 0 spiro atoms. The van der Waals surface area contributed by atoms with Gasteiger partial charge in [-0.05, 0) is 64.0 Å². The molecule has 0 saturated carbocycles. The highest BCUT2D eigenvalue weighted by Gasteiger charge is 2.10. The number of hydrogen-bond acceptors (Lipinski definition) is 7. The van der Waals surface area contributed by atoms with E-state index in [1.807, 2.05) is 37.4 Å². The summed E-state index contributed by atoms with van der Waals surface area (Å²) in [5.41, 5.74) is 3.53. The maximum Gasteiger partial charge on any atom is 0.319 e. The van der Waals surface area contributed by atoms with Gasteiger partial charge in [0.2, 0.25) is 5.95 Å². The van der Waals surface area contributed by atoms with Crippen LogP contribution in [-0.4, -0.2) is 63.6 Å². The third-order valence-corrected chi connectivity index (χ3v) is 5.98. The Balaban J connectivity index is 1.24. The number of aryl methyl sites for hydroxylation is 1. The van der Waals surface area contributed by atoms with Crippen LogP contribution in [-0.2, 0) is 6.42 Å². The molecule has 5 N–H and O–H groups in total. The van der Waals surface area contributed by atoms with E-state index in [-0.39, 0.29) is 6.03 Å². The maximum absolute atomic E-state index is 12.3. The number of anilines is 4. The number of aromatic amines is 1. The van der Waals surface area contributed by atoms with Crippen LogP contribution in [0.4, 0.5) is 27.9 Å². The number of aromatic nitrogens is 4. The summed E-state index contributed by atoms with van der Waals surface area (Å²) < 4.78 is 0. The van der Waals surface area contributed by atoms with Gasteiger partial charge < -0.3 is 31.2 Å². The lowest BCUT2D eigenvalue weighted by molar-refractivity contribution is 0.224. The molecule has 0 aliphatic carbocycles. The summed E-state index contributed by atoms with van der Waals surface area (Å²) in [6.07, 6.45) is 11.0. The first-order valence-corrected chi connectivity index (χ1v) is 12.3. The highest BCUT2D eigenvalue weighted by Crippen LogP contribution is 2.20. The van der Waals surface area contributed by atoms with Crippen molar-refractivity contribution >= 4 is 29.2 Å². The Morgan fingerprint density at radius 3 is 2.80 bits per heavy atom. The molecule has 10 nitrogen and oxygen atoms in total. The summed E-state index contributed by atoms with van der Waals surface area (Å²) in [7, 11) is 0. The number of carbonyl (C=O) groups is 1. The van der Waals surface area contributed by atoms with Crippen molar-refractivity contribution in [3.05, 3.63) is 54.2 Å². The molecule has 3 heterocycles. The van der Waals surface area contributed by atoms with Gasteiger partial charge in [-0.2, -0.15) is 4.98 Å². The van der Waals surface area contributed by atoms with E-state index in [4.69, 9.17) is 0 Å². The van der Waals surface area contributed by atoms with Crippen LogP contribution >= 0.6 is 0 Å². The minimum atomic E-state index is -0.198. The number of likely N-dealkylation sites (tertiary alicyclic amines) is 1. The number of H-pyrrole nitrogens is 1. The van der Waals surface area contributed by atoms with E-state index in [1.165, 1.54) is 32.4 Å². The lowest BCUT2D eigenvalue weighted by Crippen LogP contribution is -2.34. The lowest BCUT2D eigenvalue weighted by atomic mass is 10.1. The molecule has 2 amide bonds. The fourth-order valence-corrected chi connectivity index (χ4v) is 4.08. The zero-order valence-electron chi connectivity index (χ0n) is 20.3. The zero-order valence-corrected chi connectivity index (χ0v) is 20.3. The van der Waals surface area contributed by atoms with Crippen molar-refractivity contribution in [2.45, 2.75) is 39.0 Å². The first kappa shape index (κ1) is 24.5. The van der Waals surface area contributed by atoms with Crippen molar-refractivity contribution in [3.63, 3.8) is 0 Å². The second kappa shape index (κ2) is 12.7. The van der Waals surface area contributed by atoms with Crippen molar-refractivity contribution in [2.24, 2.45) is 0 Å². The summed E-state index contributed by atoms with van der Waals surface area (Å²) >= 11 is 0. The fraction of sp³-hybridized carbons (Fsp3) is 0.440. The van der Waals surface area contributed by atoms with Crippen molar-refractivity contribution in [1.29, 1.82) is 0 Å². The van der Waals surface area contributed by atoms with Crippen molar-refractivity contribution in [3.8, 4) is 0 Å². The number of amides is 2. The van der Waals surface area contributed by atoms with Gasteiger partial charge in [0.15, 0.2) is 0 Å². The summed E-state index contributed by atoms with van der Waals surface area (Å²) in [6.45, 7) is 6.76. The summed E-state index contributed by atoms with van der Waals surface area (Å²) in [4.78, 5) is 30.9. The minimum Gasteiger partial charge on any atom is -0.369 e. The third kappa shape index (κ3) is 7.96. The van der Waals surface area contributed by atoms with E-state index in [0.717, 1.165) is 48.7 Å². The van der Waals surface area contributed by atoms with Crippen LogP contribution in [0.25, 0.3) is 0 Å². The van der Waals surface area contributed by atoms with E-state index in [0.29, 0.717) is 18.2 Å². The Labute approximate surface area is 206 Å². The van der Waals surface area contributed by atoms with E-state index in [1.54, 1.807) is 12.5 Å². The number of imidazole rings is 1. The smallest absolute Gasteiger partial charge is 0.319 e. The number of hydrogen-bond donors (Lipinski definition) is 5. The Bertz CT molecular complexity index is 1060. The molecule has 1 saturated heterocycles. The number of rotatable bonds is 11. The molecule has 1 aromatic carbocycles. The molecule has 1 fully saturated rings. The monoisotopic (exact) mass is 477 g/mol. The van der Waals surface area contributed by atoms with Crippen molar-refractivity contribution < 1.29 is 4.79 Å². The molecular weight excluding hydrogens is 442 g/mol. The van der Waals surface area contributed by atoms with Gasteiger partial charge in [-0.3, -0.25) is 0 Å². The average molecular weight is 478 g/mol. The van der Waals surface area contributed by atoms with Gasteiger partial charge in [-0.15, -0.1) is 0 Å². The van der Waals surface area contributed by atoms with Gasteiger partial charge in [-0.1, -0.05) is 12.5 Å². The predicted molar refractivity (Wildman–Crippen MR) is 139 cm³/mol. The van der Waals surface area contributed by atoms with Gasteiger partial charge in [-0.25, -0.2) is 14.8 Å². The SMILES string of the molecule is Cc1cnc(Nc2cccc(NC(=O)NCCCN3CCCCC3)c2)nc1NCCc1cnc[nH]1. The summed E-state index contributed by atoms with van der Waals surface area (Å²) in [5.74, 6) is 1.26. The second-order valence-electron chi connectivity index (χ2n) is 8.82. The molecule has 1 aliphatic rings. The predicted octanol–water partition coefficient (Wildman–Crippen LogP) is 3.90. The zero-order chi connectivity index (χ0) is 24.3. The number of urea groups is 1. The Morgan fingerprint density at radius 2 is 1.97 bits per heavy atom. The molecule has 4 rings (SSSR count). The van der Waals surface area contributed by atoms with Crippen molar-refractivity contribution in [1.82, 2.24) is 30.2 Å². The first-order valence-electron chi connectivity index (χ1n) is 12.3. The summed E-state index contributed by atoms with van der Waals surface area (Å²) in [5, 5.41) is 12.4. The Kier molecular flexibility index (Phi) is 8.88. The molecule has 2 aromatic heterocycles. The molecule has 10 heteroatoms. The van der Waals surface area contributed by atoms with Crippen LogP contribution < -0.4 is 21.3 Å². The van der Waals surface area contributed by atoms with E-state index >= 15 is 0 Å². The van der Waals surface area contributed by atoms with Gasteiger partial charge in [0, 0.05) is 54.5 Å². The van der Waals surface area contributed by atoms with Crippen LogP contribution in [0.5, 0.6) is 0 Å². The lowest BCUT2D eigenvalue weighted by Gasteiger charge is -2.26. The highest BCUT2D eigenvalue weighted by atomic mass is 16.2. The largest absolute Gasteiger partial charge is 0.369 e. The van der Waals surface area contributed by atoms with Crippen molar-refractivity contribution in [2.75, 3.05) is 48.7 Å². The number of piperidine rings is 1. The van der Waals surface area contributed by atoms with Crippen LogP contribution in [0.2, 0.25) is 0 Å². The topological polar surface area (TPSA) is 123 Å². The molecule has 0 atom stereocenters. The molecule has 186 valence electrons. The van der Waals surface area contributed by atoms with Crippen LogP contribution in [0.15, 0.2) is 43.0 Å². The van der Waals surface area contributed by atoms with E-state index in [2.05, 4.69) is 46.1 Å². The number of carbonyl (C=O) groups excluding carboxylic acids is 1. The quantitative estimate of drug-likeness (QED) is 0.265. The fourth-order valence-electron chi connectivity index (χ4n) is 4.08. The molecular formula is C25H35N9O. The normalized spacial score (nSPS) is 13.9. The Hall–Kier alpha value is -3.66. The maximum atomic E-state index is 12.3. The molecule has 0 radical (unpaired) electrons. The minimum absolute atomic E-state index is 0.198. The van der Waals surface area contributed by atoms with Crippen LogP contribution in [0, 0.1) is 6.92 Å². The molecule has 0 bridgehead atoms. The average Bonchev–Trinajstić information content (AvgIpc) is 3.38. The molecule has 1 aliphatic heterocycles. The summed E-state index contributed by atoms with van der Waals surface area (Å²) in [6, 6.07) is 7.32. The standard InChI is InChI=1S/C25H35N9O/c1-19-16-29-24(33-23(19)27-11-9-22-17-26-18-30-22)31-20-7-5-8-21(15-20)32-25(35)28-10-6-14-34-12-3-2-4-13-34/h5,7-8,15-18H,2-4,6,9-14H2,1H3,(H,26,30)(H2,28,32,35)(H2,27,29,31,33). The number of nitrogens with zero attached hydrogens (tertiary/aromatic N) is 4. The van der Waals surface area contributed by atoms with Gasteiger partial charge in [0.25, 0.3) is 0 Å². The number of benzene rings is 1. The van der Waals surface area contributed by atoms with E-state index < -0.39 is 0 Å². The van der Waals surface area contributed by atoms with Crippen LogP contribution in [0.3, 0.4) is 0 Å². The van der Waals surface area contributed by atoms with Gasteiger partial charge in [0.1, 0.15) is 5.82 Å². The highest BCUT2D eigenvalue weighted by molar-refractivity contribution is 5.89. The Morgan fingerprint density at radius 1 is 1.11 bits per heavy atom. The first-order chi connectivity index (χ1) is 17.2. The molecule has 0 unspecified atom stereocenters.